The molecule has 0 atom stereocenters. The number of hydrogen-bond donors (Lipinski definition) is 0. The van der Waals surface area contributed by atoms with Crippen LogP contribution in [-0.2, 0) is 24.4 Å². The highest BCUT2D eigenvalue weighted by atomic mass is 32.1. The number of carbonyl (C=O) groups is 1. The summed E-state index contributed by atoms with van der Waals surface area (Å²) in [6, 6.07) is 12.0. The van der Waals surface area contributed by atoms with Crippen LogP contribution in [0.4, 0.5) is 8.78 Å². The summed E-state index contributed by atoms with van der Waals surface area (Å²) in [5, 5.41) is 1.01. The van der Waals surface area contributed by atoms with Gasteiger partial charge in [0.25, 0.3) is 0 Å². The van der Waals surface area contributed by atoms with E-state index in [0.717, 1.165) is 21.1 Å². The highest BCUT2D eigenvalue weighted by Crippen LogP contribution is 2.29. The lowest BCUT2D eigenvalue weighted by atomic mass is 10.2. The lowest BCUT2D eigenvalue weighted by Gasteiger charge is -2.16. The van der Waals surface area contributed by atoms with Gasteiger partial charge in [-0.3, -0.25) is 4.79 Å². The van der Waals surface area contributed by atoms with Crippen LogP contribution in [0.3, 0.4) is 0 Å². The highest BCUT2D eigenvalue weighted by Gasteiger charge is 2.27. The maximum Gasteiger partial charge on any atom is 0.243 e. The van der Waals surface area contributed by atoms with E-state index in [0.29, 0.717) is 30.2 Å². The SMILES string of the molecule is Cc1nc2c(s1)CN(C(=O)Cn1cc(-c3ccc(F)cc3)nc1-c1ccc(F)cc1)C2. The molecule has 0 saturated carbocycles. The number of thiazole rings is 1. The molecule has 0 bridgehead atoms. The van der Waals surface area contributed by atoms with E-state index in [1.54, 1.807) is 51.3 Å². The fourth-order valence-corrected chi connectivity index (χ4v) is 4.68. The minimum absolute atomic E-state index is 0.0470. The summed E-state index contributed by atoms with van der Waals surface area (Å²) in [6.45, 7) is 3.12. The molecule has 2 aromatic heterocycles. The number of nitrogens with zero attached hydrogens (tertiary/aromatic N) is 4. The highest BCUT2D eigenvalue weighted by molar-refractivity contribution is 7.11. The number of aromatic nitrogens is 3. The quantitative estimate of drug-likeness (QED) is 0.462. The minimum Gasteiger partial charge on any atom is -0.330 e. The first-order chi connectivity index (χ1) is 15.0. The van der Waals surface area contributed by atoms with E-state index >= 15 is 0 Å². The number of aryl methyl sites for hydroxylation is 1. The van der Waals surface area contributed by atoms with Gasteiger partial charge in [-0.25, -0.2) is 18.7 Å². The van der Waals surface area contributed by atoms with Crippen LogP contribution >= 0.6 is 11.3 Å². The van der Waals surface area contributed by atoms with Crippen molar-refractivity contribution < 1.29 is 13.6 Å². The fraction of sp³-hybridized carbons (Fsp3) is 0.174. The molecule has 156 valence electrons. The molecule has 0 unspecified atom stereocenters. The zero-order chi connectivity index (χ0) is 21.5. The molecule has 5 nitrogen and oxygen atoms in total. The van der Waals surface area contributed by atoms with Crippen LogP contribution in [0.1, 0.15) is 15.6 Å². The third kappa shape index (κ3) is 3.86. The van der Waals surface area contributed by atoms with Crippen molar-refractivity contribution in [2.45, 2.75) is 26.6 Å². The van der Waals surface area contributed by atoms with Crippen molar-refractivity contribution in [1.82, 2.24) is 19.4 Å². The first-order valence-electron chi connectivity index (χ1n) is 9.78. The first-order valence-corrected chi connectivity index (χ1v) is 10.6. The molecule has 8 heteroatoms. The lowest BCUT2D eigenvalue weighted by Crippen LogP contribution is -2.29. The van der Waals surface area contributed by atoms with Crippen LogP contribution in [0.25, 0.3) is 22.6 Å². The van der Waals surface area contributed by atoms with Crippen LogP contribution in [0, 0.1) is 18.6 Å². The average Bonchev–Trinajstić information content (AvgIpc) is 3.42. The van der Waals surface area contributed by atoms with Gasteiger partial charge in [-0.15, -0.1) is 11.3 Å². The van der Waals surface area contributed by atoms with E-state index in [9.17, 15) is 13.6 Å². The van der Waals surface area contributed by atoms with E-state index in [-0.39, 0.29) is 24.1 Å². The molecule has 5 rings (SSSR count). The fourth-order valence-electron chi connectivity index (χ4n) is 3.72. The summed E-state index contributed by atoms with van der Waals surface area (Å²) >= 11 is 1.62. The number of hydrogen-bond acceptors (Lipinski definition) is 4. The molecular weight excluding hydrogens is 418 g/mol. The van der Waals surface area contributed by atoms with E-state index in [1.807, 2.05) is 6.92 Å². The number of carbonyl (C=O) groups excluding carboxylic acids is 1. The Morgan fingerprint density at radius 1 is 0.968 bits per heavy atom. The molecule has 0 radical (unpaired) electrons. The number of benzene rings is 2. The van der Waals surface area contributed by atoms with Crippen molar-refractivity contribution >= 4 is 17.2 Å². The zero-order valence-corrected chi connectivity index (χ0v) is 17.5. The maximum atomic E-state index is 13.4. The molecule has 2 aromatic carbocycles. The van der Waals surface area contributed by atoms with Crippen LogP contribution in [0.15, 0.2) is 54.7 Å². The summed E-state index contributed by atoms with van der Waals surface area (Å²) in [5.74, 6) is -0.171. The molecule has 1 aliphatic heterocycles. The number of halogens is 2. The van der Waals surface area contributed by atoms with Gasteiger partial charge in [-0.1, -0.05) is 0 Å². The predicted molar refractivity (Wildman–Crippen MR) is 114 cm³/mol. The van der Waals surface area contributed by atoms with Gasteiger partial charge >= 0.3 is 0 Å². The third-order valence-electron chi connectivity index (χ3n) is 5.24. The van der Waals surface area contributed by atoms with Gasteiger partial charge in [0, 0.05) is 22.2 Å². The van der Waals surface area contributed by atoms with Gasteiger partial charge in [0.2, 0.25) is 5.91 Å². The van der Waals surface area contributed by atoms with Crippen molar-refractivity contribution in [3.63, 3.8) is 0 Å². The Balaban J connectivity index is 1.46. The minimum atomic E-state index is -0.345. The van der Waals surface area contributed by atoms with E-state index in [2.05, 4.69) is 9.97 Å². The average molecular weight is 436 g/mol. The maximum absolute atomic E-state index is 13.4. The van der Waals surface area contributed by atoms with Gasteiger partial charge in [0.05, 0.1) is 29.5 Å². The third-order valence-corrected chi connectivity index (χ3v) is 6.24. The summed E-state index contributed by atoms with van der Waals surface area (Å²) < 4.78 is 28.5. The molecule has 1 aliphatic rings. The van der Waals surface area contributed by atoms with Gasteiger partial charge in [0.1, 0.15) is 24.0 Å². The second-order valence-electron chi connectivity index (χ2n) is 7.44. The van der Waals surface area contributed by atoms with Gasteiger partial charge in [-0.05, 0) is 55.5 Å². The predicted octanol–water partition coefficient (Wildman–Crippen LogP) is 4.80. The zero-order valence-electron chi connectivity index (χ0n) is 16.7. The Morgan fingerprint density at radius 2 is 1.61 bits per heavy atom. The summed E-state index contributed by atoms with van der Waals surface area (Å²) in [6.07, 6.45) is 1.78. The van der Waals surface area contributed by atoms with Crippen LogP contribution in [-0.4, -0.2) is 25.3 Å². The summed E-state index contributed by atoms with van der Waals surface area (Å²) in [7, 11) is 0. The second kappa shape index (κ2) is 7.70. The standard InChI is InChI=1S/C23H18F2N4OS/c1-14-26-20-11-28(12-21(20)31-14)22(30)13-29-10-19(15-2-6-17(24)7-3-15)27-23(29)16-4-8-18(25)9-5-16/h2-10H,11-13H2,1H3. The van der Waals surface area contributed by atoms with Gasteiger partial charge in [0.15, 0.2) is 0 Å². The van der Waals surface area contributed by atoms with Crippen molar-refractivity contribution in [2.24, 2.45) is 0 Å². The first kappa shape index (κ1) is 19.6. The number of fused-ring (bicyclic) bond motifs is 1. The second-order valence-corrected chi connectivity index (χ2v) is 8.73. The number of rotatable bonds is 4. The van der Waals surface area contributed by atoms with Gasteiger partial charge in [-0.2, -0.15) is 0 Å². The summed E-state index contributed by atoms with van der Waals surface area (Å²) in [4.78, 5) is 25.1. The Bertz CT molecular complexity index is 1240. The van der Waals surface area contributed by atoms with Crippen molar-refractivity contribution in [2.75, 3.05) is 0 Å². The molecule has 0 saturated heterocycles. The van der Waals surface area contributed by atoms with E-state index in [4.69, 9.17) is 0 Å². The Morgan fingerprint density at radius 3 is 2.26 bits per heavy atom. The Hall–Kier alpha value is -3.39. The number of amides is 1. The van der Waals surface area contributed by atoms with Crippen molar-refractivity contribution in [3.8, 4) is 22.6 Å². The van der Waals surface area contributed by atoms with E-state index < -0.39 is 0 Å². The van der Waals surface area contributed by atoms with Gasteiger partial charge < -0.3 is 9.47 Å². The van der Waals surface area contributed by atoms with Crippen molar-refractivity contribution in [3.05, 3.63) is 81.9 Å². The Kier molecular flexibility index (Phi) is 4.86. The molecule has 0 aliphatic carbocycles. The summed E-state index contributed by atoms with van der Waals surface area (Å²) in [5.41, 5.74) is 3.01. The van der Waals surface area contributed by atoms with E-state index in [1.165, 1.54) is 24.3 Å². The molecular formula is C23H18F2N4OS. The molecule has 0 fully saturated rings. The smallest absolute Gasteiger partial charge is 0.243 e. The molecule has 3 heterocycles. The topological polar surface area (TPSA) is 51.0 Å². The van der Waals surface area contributed by atoms with Crippen LogP contribution < -0.4 is 0 Å². The number of imidazole rings is 1. The van der Waals surface area contributed by atoms with Crippen LogP contribution in [0.2, 0.25) is 0 Å². The van der Waals surface area contributed by atoms with Crippen LogP contribution in [0.5, 0.6) is 0 Å². The largest absolute Gasteiger partial charge is 0.330 e. The molecule has 31 heavy (non-hydrogen) atoms. The molecule has 0 spiro atoms. The molecule has 1 amide bonds. The molecule has 0 N–H and O–H groups in total. The monoisotopic (exact) mass is 436 g/mol. The lowest BCUT2D eigenvalue weighted by molar-refractivity contribution is -0.132. The van der Waals surface area contributed by atoms with Crippen molar-refractivity contribution in [1.29, 1.82) is 0 Å². The normalized spacial score (nSPS) is 12.9. The Labute approximate surface area is 181 Å². The molecule has 4 aromatic rings.